The fourth-order valence-electron chi connectivity index (χ4n) is 1.72. The van der Waals surface area contributed by atoms with Gasteiger partial charge in [0.25, 0.3) is 5.91 Å². The lowest BCUT2D eigenvalue weighted by molar-refractivity contribution is 0.0785. The molecule has 2 aromatic rings. The molecule has 2 rings (SSSR count). The Morgan fingerprint density at radius 2 is 2.16 bits per heavy atom. The molecule has 0 radical (unpaired) electrons. The van der Waals surface area contributed by atoms with E-state index in [0.717, 1.165) is 4.88 Å². The van der Waals surface area contributed by atoms with Gasteiger partial charge in [0, 0.05) is 16.4 Å². The highest BCUT2D eigenvalue weighted by Crippen LogP contribution is 2.22. The van der Waals surface area contributed by atoms with Crippen LogP contribution in [0.3, 0.4) is 0 Å². The molecule has 0 atom stereocenters. The zero-order valence-electron chi connectivity index (χ0n) is 10.6. The fourth-order valence-corrected chi connectivity index (χ4v) is 3.10. The van der Waals surface area contributed by atoms with Gasteiger partial charge in [-0.15, -0.1) is 11.3 Å². The minimum Gasteiger partial charge on any atom is -0.337 e. The van der Waals surface area contributed by atoms with Gasteiger partial charge in [-0.1, -0.05) is 0 Å². The summed E-state index contributed by atoms with van der Waals surface area (Å²) in [6.45, 7) is 2.55. The number of carbonyl (C=O) groups excluding carboxylic acids is 1. The monoisotopic (exact) mass is 341 g/mol. The van der Waals surface area contributed by atoms with Crippen LogP contribution in [0.25, 0.3) is 0 Å². The summed E-state index contributed by atoms with van der Waals surface area (Å²) in [6, 6.07) is 6.15. The molecule has 0 aliphatic rings. The minimum atomic E-state index is -0.410. The Labute approximate surface area is 124 Å². The molecule has 0 aliphatic heterocycles. The average Bonchev–Trinajstić information content (AvgIpc) is 2.77. The Balaban J connectivity index is 2.19. The van der Waals surface area contributed by atoms with Gasteiger partial charge in [-0.2, -0.15) is 0 Å². The molecule has 2 nitrogen and oxygen atoms in total. The predicted octanol–water partition coefficient (Wildman–Crippen LogP) is 4.23. The molecule has 0 saturated heterocycles. The van der Waals surface area contributed by atoms with Crippen molar-refractivity contribution in [3.8, 4) is 0 Å². The number of benzene rings is 1. The lowest BCUT2D eigenvalue weighted by Gasteiger charge is -2.17. The van der Waals surface area contributed by atoms with Crippen molar-refractivity contribution in [2.24, 2.45) is 0 Å². The lowest BCUT2D eigenvalue weighted by Crippen LogP contribution is -2.26. The Hall–Kier alpha value is -1.20. The summed E-state index contributed by atoms with van der Waals surface area (Å²) in [4.78, 5) is 15.0. The van der Waals surface area contributed by atoms with Crippen molar-refractivity contribution in [1.82, 2.24) is 4.90 Å². The van der Waals surface area contributed by atoms with Crippen molar-refractivity contribution in [3.05, 3.63) is 55.9 Å². The van der Waals surface area contributed by atoms with E-state index in [1.807, 2.05) is 18.4 Å². The number of amides is 1. The summed E-state index contributed by atoms with van der Waals surface area (Å²) >= 11 is 4.90. The molecule has 1 aromatic heterocycles. The summed E-state index contributed by atoms with van der Waals surface area (Å²) in [5, 5.41) is 2.00. The van der Waals surface area contributed by atoms with Crippen LogP contribution in [0.2, 0.25) is 0 Å². The van der Waals surface area contributed by atoms with E-state index in [2.05, 4.69) is 15.9 Å². The molecule has 0 N–H and O–H groups in total. The van der Waals surface area contributed by atoms with Crippen molar-refractivity contribution in [2.45, 2.75) is 13.5 Å². The van der Waals surface area contributed by atoms with Crippen LogP contribution in [-0.4, -0.2) is 17.9 Å². The highest BCUT2D eigenvalue weighted by Gasteiger charge is 2.17. The first kappa shape index (κ1) is 14.2. The van der Waals surface area contributed by atoms with E-state index in [1.165, 1.54) is 17.7 Å². The number of hydrogen-bond acceptors (Lipinski definition) is 2. The molecule has 0 unspecified atom stereocenters. The van der Waals surface area contributed by atoms with Gasteiger partial charge in [0.05, 0.1) is 12.1 Å². The van der Waals surface area contributed by atoms with Crippen molar-refractivity contribution >= 4 is 33.2 Å². The van der Waals surface area contributed by atoms with E-state index in [-0.39, 0.29) is 5.91 Å². The van der Waals surface area contributed by atoms with E-state index < -0.39 is 5.82 Å². The van der Waals surface area contributed by atoms with E-state index >= 15 is 0 Å². The normalized spacial score (nSPS) is 10.5. The van der Waals surface area contributed by atoms with Gasteiger partial charge in [0.1, 0.15) is 5.82 Å². The maximum atomic E-state index is 13.2. The number of nitrogens with zero attached hydrogens (tertiary/aromatic N) is 1. The Kier molecular flexibility index (Phi) is 4.37. The highest BCUT2D eigenvalue weighted by molar-refractivity contribution is 9.10. The average molecular weight is 342 g/mol. The van der Waals surface area contributed by atoms with Gasteiger partial charge in [0.15, 0.2) is 0 Å². The standard InChI is InChI=1S/C14H13BrFNOS/c1-9-5-6-19-13(9)8-17(2)14(18)11-7-10(16)3-4-12(11)15/h3-7H,8H2,1-2H3. The van der Waals surface area contributed by atoms with E-state index in [4.69, 9.17) is 0 Å². The van der Waals surface area contributed by atoms with Gasteiger partial charge < -0.3 is 4.90 Å². The van der Waals surface area contributed by atoms with Crippen LogP contribution in [0.15, 0.2) is 34.1 Å². The number of halogens is 2. The second-order valence-corrected chi connectivity index (χ2v) is 6.17. The van der Waals surface area contributed by atoms with Crippen LogP contribution in [0, 0.1) is 12.7 Å². The molecule has 100 valence electrons. The molecule has 5 heteroatoms. The number of aryl methyl sites for hydroxylation is 1. The second-order valence-electron chi connectivity index (χ2n) is 4.31. The lowest BCUT2D eigenvalue weighted by atomic mass is 10.2. The molecule has 0 spiro atoms. The molecular weight excluding hydrogens is 329 g/mol. The molecule has 19 heavy (non-hydrogen) atoms. The fraction of sp³-hybridized carbons (Fsp3) is 0.214. The number of rotatable bonds is 3. The quantitative estimate of drug-likeness (QED) is 0.817. The van der Waals surface area contributed by atoms with E-state index in [0.29, 0.717) is 16.6 Å². The summed E-state index contributed by atoms with van der Waals surface area (Å²) in [6.07, 6.45) is 0. The van der Waals surface area contributed by atoms with Crippen molar-refractivity contribution in [3.63, 3.8) is 0 Å². The SMILES string of the molecule is Cc1ccsc1CN(C)C(=O)c1cc(F)ccc1Br. The zero-order chi connectivity index (χ0) is 14.0. The first-order valence-corrected chi connectivity index (χ1v) is 7.40. The van der Waals surface area contributed by atoms with E-state index in [1.54, 1.807) is 29.4 Å². The van der Waals surface area contributed by atoms with Gasteiger partial charge >= 0.3 is 0 Å². The summed E-state index contributed by atoms with van der Waals surface area (Å²) in [5.41, 5.74) is 1.51. The molecular formula is C14H13BrFNOS. The van der Waals surface area contributed by atoms with Crippen molar-refractivity contribution < 1.29 is 9.18 Å². The summed E-state index contributed by atoms with van der Waals surface area (Å²) in [7, 11) is 1.72. The van der Waals surface area contributed by atoms with Gasteiger partial charge in [-0.25, -0.2) is 4.39 Å². The summed E-state index contributed by atoms with van der Waals surface area (Å²) in [5.74, 6) is -0.605. The summed E-state index contributed by atoms with van der Waals surface area (Å²) < 4.78 is 13.8. The van der Waals surface area contributed by atoms with Crippen LogP contribution in [0.4, 0.5) is 4.39 Å². The zero-order valence-corrected chi connectivity index (χ0v) is 13.0. The maximum Gasteiger partial charge on any atom is 0.255 e. The van der Waals surface area contributed by atoms with Crippen LogP contribution in [0.5, 0.6) is 0 Å². The first-order chi connectivity index (χ1) is 8.99. The number of thiophene rings is 1. The Bertz CT molecular complexity index is 611. The Morgan fingerprint density at radius 1 is 1.42 bits per heavy atom. The second kappa shape index (κ2) is 5.84. The topological polar surface area (TPSA) is 20.3 Å². The van der Waals surface area contributed by atoms with Crippen LogP contribution in [0.1, 0.15) is 20.8 Å². The molecule has 1 heterocycles. The Morgan fingerprint density at radius 3 is 2.79 bits per heavy atom. The number of carbonyl (C=O) groups is 1. The molecule has 0 fully saturated rings. The van der Waals surface area contributed by atoms with Crippen molar-refractivity contribution in [1.29, 1.82) is 0 Å². The van der Waals surface area contributed by atoms with Gasteiger partial charge in [-0.05, 0) is 58.1 Å². The molecule has 1 aromatic carbocycles. The molecule has 0 aliphatic carbocycles. The van der Waals surface area contributed by atoms with E-state index in [9.17, 15) is 9.18 Å². The van der Waals surface area contributed by atoms with Crippen LogP contribution >= 0.6 is 27.3 Å². The van der Waals surface area contributed by atoms with Crippen molar-refractivity contribution in [2.75, 3.05) is 7.05 Å². The molecule has 0 saturated carbocycles. The third-order valence-electron chi connectivity index (χ3n) is 2.85. The van der Waals surface area contributed by atoms with Crippen LogP contribution < -0.4 is 0 Å². The molecule has 0 bridgehead atoms. The smallest absolute Gasteiger partial charge is 0.255 e. The third-order valence-corrected chi connectivity index (χ3v) is 4.55. The predicted molar refractivity (Wildman–Crippen MR) is 79.0 cm³/mol. The van der Waals surface area contributed by atoms with Gasteiger partial charge in [-0.3, -0.25) is 4.79 Å². The van der Waals surface area contributed by atoms with Gasteiger partial charge in [0.2, 0.25) is 0 Å². The largest absolute Gasteiger partial charge is 0.337 e. The highest BCUT2D eigenvalue weighted by atomic mass is 79.9. The van der Waals surface area contributed by atoms with Crippen LogP contribution in [-0.2, 0) is 6.54 Å². The first-order valence-electron chi connectivity index (χ1n) is 5.72. The third kappa shape index (κ3) is 3.22. The minimum absolute atomic E-state index is 0.195. The number of hydrogen-bond donors (Lipinski definition) is 0. The molecule has 1 amide bonds. The maximum absolute atomic E-state index is 13.2.